The first-order chi connectivity index (χ1) is 15.5. The van der Waals surface area contributed by atoms with Crippen molar-refractivity contribution in [2.75, 3.05) is 19.6 Å². The molecule has 1 amide bonds. The van der Waals surface area contributed by atoms with E-state index in [-0.39, 0.29) is 11.8 Å². The highest BCUT2D eigenvalue weighted by molar-refractivity contribution is 7.92. The molecule has 1 N–H and O–H groups in total. The minimum Gasteiger partial charge on any atom is -0.356 e. The third-order valence-corrected chi connectivity index (χ3v) is 7.54. The molecule has 1 aliphatic heterocycles. The molecule has 1 fully saturated rings. The molecule has 1 saturated heterocycles. The third-order valence-electron chi connectivity index (χ3n) is 5.97. The lowest BCUT2D eigenvalue weighted by atomic mass is 9.97. The van der Waals surface area contributed by atoms with Gasteiger partial charge in [0.25, 0.3) is 0 Å². The van der Waals surface area contributed by atoms with E-state index in [1.807, 2.05) is 42.5 Å². The monoisotopic (exact) mass is 451 g/mol. The number of nitrogens with one attached hydrogen (secondary N) is 1. The second-order valence-corrected chi connectivity index (χ2v) is 9.96. The van der Waals surface area contributed by atoms with Gasteiger partial charge in [0, 0.05) is 49.2 Å². The van der Waals surface area contributed by atoms with Gasteiger partial charge in [0.1, 0.15) is 0 Å². The van der Waals surface area contributed by atoms with E-state index in [0.717, 1.165) is 18.5 Å². The summed E-state index contributed by atoms with van der Waals surface area (Å²) in [6.07, 6.45) is 5.64. The number of carbonyl (C=O) groups is 1. The van der Waals surface area contributed by atoms with Crippen molar-refractivity contribution < 1.29 is 13.2 Å². The second-order valence-electron chi connectivity index (χ2n) is 8.14. The third kappa shape index (κ3) is 5.47. The first-order valence-electron chi connectivity index (χ1n) is 11.1. The average Bonchev–Trinajstić information content (AvgIpc) is 3.24. The van der Waals surface area contributed by atoms with Crippen LogP contribution in [0.15, 0.2) is 72.3 Å². The molecular formula is C25H29N3O3S. The number of para-hydroxylation sites is 1. The fraction of sp³-hybridized carbons (Fsp3) is 0.320. The van der Waals surface area contributed by atoms with Crippen molar-refractivity contribution in [1.82, 2.24) is 14.2 Å². The number of carbonyl (C=O) groups excluding carboxylic acids is 1. The van der Waals surface area contributed by atoms with Crippen LogP contribution in [0.5, 0.6) is 0 Å². The predicted octanol–water partition coefficient (Wildman–Crippen LogP) is 3.86. The van der Waals surface area contributed by atoms with Gasteiger partial charge in [-0.1, -0.05) is 48.5 Å². The van der Waals surface area contributed by atoms with Crippen molar-refractivity contribution >= 4 is 32.9 Å². The Morgan fingerprint density at radius 1 is 1.00 bits per heavy atom. The maximum atomic E-state index is 12.6. The van der Waals surface area contributed by atoms with E-state index < -0.39 is 10.0 Å². The summed E-state index contributed by atoms with van der Waals surface area (Å²) in [6.45, 7) is 2.20. The van der Waals surface area contributed by atoms with E-state index in [4.69, 9.17) is 0 Å². The summed E-state index contributed by atoms with van der Waals surface area (Å²) in [5, 5.41) is 5.51. The van der Waals surface area contributed by atoms with Crippen LogP contribution in [0.3, 0.4) is 0 Å². The molecule has 0 bridgehead atoms. The van der Waals surface area contributed by atoms with Crippen molar-refractivity contribution in [1.29, 1.82) is 0 Å². The SMILES string of the molecule is O=C(NCCCn1ccc2ccccc21)C1CCN(S(=O)(=O)/C=C/c2ccccc2)CC1. The van der Waals surface area contributed by atoms with Gasteiger partial charge in [-0.2, -0.15) is 4.31 Å². The summed E-state index contributed by atoms with van der Waals surface area (Å²) >= 11 is 0. The summed E-state index contributed by atoms with van der Waals surface area (Å²) < 4.78 is 28.8. The maximum absolute atomic E-state index is 12.6. The Labute approximate surface area is 189 Å². The number of benzene rings is 2. The summed E-state index contributed by atoms with van der Waals surface area (Å²) in [5.74, 6) is -0.105. The Balaban J connectivity index is 1.21. The number of aromatic nitrogens is 1. The van der Waals surface area contributed by atoms with Gasteiger partial charge in [-0.25, -0.2) is 8.42 Å². The number of nitrogens with zero attached hydrogens (tertiary/aromatic N) is 2. The number of amides is 1. The quantitative estimate of drug-likeness (QED) is 0.529. The lowest BCUT2D eigenvalue weighted by Crippen LogP contribution is -2.42. The summed E-state index contributed by atoms with van der Waals surface area (Å²) in [7, 11) is -3.48. The summed E-state index contributed by atoms with van der Waals surface area (Å²) in [6, 6.07) is 19.7. The zero-order valence-corrected chi connectivity index (χ0v) is 18.9. The molecule has 0 atom stereocenters. The van der Waals surface area contributed by atoms with Crippen LogP contribution in [0.4, 0.5) is 0 Å². The maximum Gasteiger partial charge on any atom is 0.236 e. The molecule has 0 spiro atoms. The molecular weight excluding hydrogens is 422 g/mol. The summed E-state index contributed by atoms with van der Waals surface area (Å²) in [5.41, 5.74) is 2.05. The Morgan fingerprint density at radius 3 is 2.50 bits per heavy atom. The van der Waals surface area contributed by atoms with Crippen LogP contribution in [0.1, 0.15) is 24.8 Å². The van der Waals surface area contributed by atoms with Crippen molar-refractivity contribution in [3.05, 3.63) is 77.8 Å². The number of piperidine rings is 1. The lowest BCUT2D eigenvalue weighted by Gasteiger charge is -2.29. The highest BCUT2D eigenvalue weighted by Gasteiger charge is 2.29. The molecule has 2 heterocycles. The Kier molecular flexibility index (Phi) is 7.07. The van der Waals surface area contributed by atoms with E-state index in [1.165, 1.54) is 20.6 Å². The molecule has 1 aliphatic rings. The molecule has 6 nitrogen and oxygen atoms in total. The van der Waals surface area contributed by atoms with Crippen LogP contribution in [0, 0.1) is 5.92 Å². The zero-order valence-electron chi connectivity index (χ0n) is 18.1. The highest BCUT2D eigenvalue weighted by atomic mass is 32.2. The van der Waals surface area contributed by atoms with E-state index in [2.05, 4.69) is 34.3 Å². The van der Waals surface area contributed by atoms with Crippen LogP contribution < -0.4 is 5.32 Å². The molecule has 0 radical (unpaired) electrons. The Hall–Kier alpha value is -2.90. The van der Waals surface area contributed by atoms with E-state index >= 15 is 0 Å². The normalized spacial score (nSPS) is 16.0. The molecule has 2 aromatic carbocycles. The fourth-order valence-electron chi connectivity index (χ4n) is 4.13. The van der Waals surface area contributed by atoms with Gasteiger partial charge in [0.05, 0.1) is 0 Å². The fourth-order valence-corrected chi connectivity index (χ4v) is 5.35. The van der Waals surface area contributed by atoms with E-state index in [1.54, 1.807) is 6.08 Å². The molecule has 3 aromatic rings. The van der Waals surface area contributed by atoms with Crippen LogP contribution >= 0.6 is 0 Å². The molecule has 0 aliphatic carbocycles. The number of fused-ring (bicyclic) bond motifs is 1. The van der Waals surface area contributed by atoms with Crippen LogP contribution in [0.2, 0.25) is 0 Å². The van der Waals surface area contributed by atoms with Crippen molar-refractivity contribution in [2.24, 2.45) is 5.92 Å². The van der Waals surface area contributed by atoms with Crippen LogP contribution in [-0.2, 0) is 21.4 Å². The van der Waals surface area contributed by atoms with Gasteiger partial charge in [-0.05, 0) is 48.4 Å². The smallest absolute Gasteiger partial charge is 0.236 e. The lowest BCUT2D eigenvalue weighted by molar-refractivity contribution is -0.126. The highest BCUT2D eigenvalue weighted by Crippen LogP contribution is 2.21. The Morgan fingerprint density at radius 2 is 1.72 bits per heavy atom. The van der Waals surface area contributed by atoms with Gasteiger partial charge in [-0.3, -0.25) is 4.79 Å². The minimum atomic E-state index is -3.48. The average molecular weight is 452 g/mol. The largest absolute Gasteiger partial charge is 0.356 e. The van der Waals surface area contributed by atoms with E-state index in [9.17, 15) is 13.2 Å². The van der Waals surface area contributed by atoms with E-state index in [0.29, 0.717) is 32.5 Å². The second kappa shape index (κ2) is 10.1. The van der Waals surface area contributed by atoms with Crippen LogP contribution in [0.25, 0.3) is 17.0 Å². The number of aryl methyl sites for hydroxylation is 1. The molecule has 1 aromatic heterocycles. The van der Waals surface area contributed by atoms with Gasteiger partial charge < -0.3 is 9.88 Å². The molecule has 32 heavy (non-hydrogen) atoms. The molecule has 7 heteroatoms. The standard InChI is InChI=1S/C25H29N3O3S/c29-25(26-15-6-16-27-17-11-22-9-4-5-10-24(22)27)23-12-18-28(19-13-23)32(30,31)20-14-21-7-2-1-3-8-21/h1-5,7-11,14,17,20,23H,6,12-13,15-16,18-19H2,(H,26,29)/b20-14+. The molecule has 0 unspecified atom stereocenters. The molecule has 0 saturated carbocycles. The first-order valence-corrected chi connectivity index (χ1v) is 12.6. The van der Waals surface area contributed by atoms with Crippen molar-refractivity contribution in [2.45, 2.75) is 25.8 Å². The van der Waals surface area contributed by atoms with Gasteiger partial charge in [-0.15, -0.1) is 0 Å². The van der Waals surface area contributed by atoms with Gasteiger partial charge in [0.15, 0.2) is 0 Å². The molecule has 168 valence electrons. The first kappa shape index (κ1) is 22.3. The number of sulfonamides is 1. The van der Waals surface area contributed by atoms with Gasteiger partial charge in [0.2, 0.25) is 15.9 Å². The Bertz CT molecular complexity index is 1180. The number of rotatable bonds is 8. The van der Waals surface area contributed by atoms with Gasteiger partial charge >= 0.3 is 0 Å². The predicted molar refractivity (Wildman–Crippen MR) is 128 cm³/mol. The zero-order chi connectivity index (χ0) is 22.4. The topological polar surface area (TPSA) is 71.4 Å². The van der Waals surface area contributed by atoms with Crippen LogP contribution in [-0.4, -0.2) is 42.8 Å². The minimum absolute atomic E-state index is 0.0271. The number of hydrogen-bond acceptors (Lipinski definition) is 3. The summed E-state index contributed by atoms with van der Waals surface area (Å²) in [4.78, 5) is 12.5. The van der Waals surface area contributed by atoms with Crippen molar-refractivity contribution in [3.8, 4) is 0 Å². The van der Waals surface area contributed by atoms with Crippen molar-refractivity contribution in [3.63, 3.8) is 0 Å². The number of hydrogen-bond donors (Lipinski definition) is 1. The molecule has 4 rings (SSSR count).